The smallest absolute Gasteiger partial charge is 0.225 e. The Hall–Kier alpha value is -3.05. The molecule has 2 aromatic heterocycles. The molecule has 2 aliphatic carbocycles. The molecule has 0 saturated heterocycles. The van der Waals surface area contributed by atoms with E-state index in [4.69, 9.17) is 17.3 Å². The maximum atomic E-state index is 14.6. The van der Waals surface area contributed by atoms with E-state index in [1.165, 1.54) is 6.20 Å². The van der Waals surface area contributed by atoms with Crippen LogP contribution in [0.4, 0.5) is 26.4 Å². The van der Waals surface area contributed by atoms with Gasteiger partial charge in [0.2, 0.25) is 17.8 Å². The number of amides is 1. The third-order valence-electron chi connectivity index (χ3n) is 6.93. The molecule has 5 N–H and O–H groups in total. The van der Waals surface area contributed by atoms with E-state index in [0.29, 0.717) is 49.2 Å². The molecule has 2 atom stereocenters. The first-order valence-corrected chi connectivity index (χ1v) is 12.1. The van der Waals surface area contributed by atoms with Gasteiger partial charge in [0.05, 0.1) is 18.3 Å². The number of hydrogen-bond donors (Lipinski definition) is 4. The third-order valence-corrected chi connectivity index (χ3v) is 7.15. The van der Waals surface area contributed by atoms with Crippen LogP contribution >= 0.6 is 11.6 Å². The number of imidazole rings is 1. The van der Waals surface area contributed by atoms with Crippen molar-refractivity contribution in [3.8, 4) is 0 Å². The fourth-order valence-electron chi connectivity index (χ4n) is 5.06. The molecule has 0 radical (unpaired) electrons. The van der Waals surface area contributed by atoms with Gasteiger partial charge in [-0.1, -0.05) is 11.6 Å². The van der Waals surface area contributed by atoms with Gasteiger partial charge in [0.1, 0.15) is 11.2 Å². The number of carbonyl (C=O) groups is 1. The van der Waals surface area contributed by atoms with Gasteiger partial charge in [-0.15, -0.1) is 0 Å². The summed E-state index contributed by atoms with van der Waals surface area (Å²) in [6, 6.07) is 1.76. The zero-order valence-electron chi connectivity index (χ0n) is 18.8. The lowest BCUT2D eigenvalue weighted by Gasteiger charge is -2.29. The highest BCUT2D eigenvalue weighted by molar-refractivity contribution is 6.30. The number of carbonyl (C=O) groups excluding carboxylic acids is 1. The molecule has 0 spiro atoms. The van der Waals surface area contributed by atoms with Gasteiger partial charge in [-0.05, 0) is 57.1 Å². The standard InChI is InChI=1S/C23H26ClF2N7O2/c24-12-8-14(25)19(15(26)9-12)31-23-30-17-10-28-22(29-16-2-1-3-18(16)34)32-21(17)33(23)13-6-4-11(5-7-13)20(27)35/h8-11,13,16,18,34H,1-7H2,(H2,27,35)(H,30,31)(H,28,29,32)/t11-,13-,16-,18-/m1/s1. The van der Waals surface area contributed by atoms with Crippen molar-refractivity contribution in [2.75, 3.05) is 10.6 Å². The Balaban J connectivity index is 1.54. The molecule has 2 aliphatic rings. The number of fused-ring (bicyclic) bond motifs is 1. The second-order valence-electron chi connectivity index (χ2n) is 9.23. The molecule has 1 aromatic carbocycles. The van der Waals surface area contributed by atoms with Crippen molar-refractivity contribution in [1.82, 2.24) is 19.5 Å². The number of aliphatic hydroxyl groups is 1. The lowest BCUT2D eigenvalue weighted by molar-refractivity contribution is -0.122. The first-order valence-electron chi connectivity index (χ1n) is 11.7. The van der Waals surface area contributed by atoms with Crippen molar-refractivity contribution in [2.45, 2.75) is 63.1 Å². The number of benzene rings is 1. The van der Waals surface area contributed by atoms with Crippen molar-refractivity contribution < 1.29 is 18.7 Å². The molecule has 3 aromatic rings. The van der Waals surface area contributed by atoms with E-state index in [9.17, 15) is 18.7 Å². The van der Waals surface area contributed by atoms with Crippen molar-refractivity contribution in [3.63, 3.8) is 0 Å². The summed E-state index contributed by atoms with van der Waals surface area (Å²) in [5, 5.41) is 16.1. The molecular weight excluding hydrogens is 480 g/mol. The predicted octanol–water partition coefficient (Wildman–Crippen LogP) is 4.04. The van der Waals surface area contributed by atoms with Gasteiger partial charge in [0.25, 0.3) is 0 Å². The van der Waals surface area contributed by atoms with E-state index in [0.717, 1.165) is 25.0 Å². The number of anilines is 3. The number of nitrogens with one attached hydrogen (secondary N) is 2. The number of rotatable bonds is 6. The Labute approximate surface area is 205 Å². The highest BCUT2D eigenvalue weighted by Crippen LogP contribution is 2.38. The fourth-order valence-corrected chi connectivity index (χ4v) is 5.25. The Morgan fingerprint density at radius 1 is 1.11 bits per heavy atom. The molecule has 1 amide bonds. The molecule has 186 valence electrons. The van der Waals surface area contributed by atoms with Crippen molar-refractivity contribution in [2.24, 2.45) is 11.7 Å². The van der Waals surface area contributed by atoms with Crippen LogP contribution in [-0.2, 0) is 4.79 Å². The quantitative estimate of drug-likeness (QED) is 0.397. The van der Waals surface area contributed by atoms with Crippen molar-refractivity contribution in [1.29, 1.82) is 0 Å². The van der Waals surface area contributed by atoms with Gasteiger partial charge in [-0.2, -0.15) is 4.98 Å². The average Bonchev–Trinajstić information content (AvgIpc) is 3.38. The SMILES string of the molecule is NC(=O)[C@H]1CC[C@H](n2c(Nc3c(F)cc(Cl)cc3F)nc3cnc(N[C@@H]4CCC[C@H]4O)nc32)CC1. The summed E-state index contributed by atoms with van der Waals surface area (Å²) in [7, 11) is 0. The molecule has 2 fully saturated rings. The first-order chi connectivity index (χ1) is 16.8. The van der Waals surface area contributed by atoms with Crippen LogP contribution in [0.15, 0.2) is 18.3 Å². The summed E-state index contributed by atoms with van der Waals surface area (Å²) in [5.74, 6) is -1.70. The predicted molar refractivity (Wildman–Crippen MR) is 127 cm³/mol. The molecule has 35 heavy (non-hydrogen) atoms. The van der Waals surface area contributed by atoms with Crippen LogP contribution in [0.25, 0.3) is 11.2 Å². The summed E-state index contributed by atoms with van der Waals surface area (Å²) in [6.45, 7) is 0. The van der Waals surface area contributed by atoms with Gasteiger partial charge in [0.15, 0.2) is 17.3 Å². The maximum Gasteiger partial charge on any atom is 0.225 e. The first kappa shape index (κ1) is 23.7. The van der Waals surface area contributed by atoms with Crippen LogP contribution in [0.2, 0.25) is 5.02 Å². The number of hydrogen-bond acceptors (Lipinski definition) is 7. The number of nitrogens with zero attached hydrogens (tertiary/aromatic N) is 4. The van der Waals surface area contributed by atoms with E-state index in [-0.39, 0.29) is 40.6 Å². The Bertz CT molecular complexity index is 1240. The molecule has 0 bridgehead atoms. The fraction of sp³-hybridized carbons (Fsp3) is 0.478. The number of aliphatic hydroxyl groups excluding tert-OH is 1. The summed E-state index contributed by atoms with van der Waals surface area (Å²) < 4.78 is 30.9. The highest BCUT2D eigenvalue weighted by atomic mass is 35.5. The van der Waals surface area contributed by atoms with Crippen LogP contribution in [-0.4, -0.2) is 42.7 Å². The summed E-state index contributed by atoms with van der Waals surface area (Å²) in [5.41, 5.74) is 6.04. The topological polar surface area (TPSA) is 131 Å². The van der Waals surface area contributed by atoms with Gasteiger partial charge in [-0.3, -0.25) is 9.36 Å². The Morgan fingerprint density at radius 2 is 1.83 bits per heavy atom. The third kappa shape index (κ3) is 4.74. The van der Waals surface area contributed by atoms with E-state index in [1.54, 1.807) is 4.57 Å². The number of primary amides is 1. The lowest BCUT2D eigenvalue weighted by atomic mass is 9.85. The minimum Gasteiger partial charge on any atom is -0.391 e. The number of aromatic nitrogens is 4. The van der Waals surface area contributed by atoms with E-state index >= 15 is 0 Å². The molecular formula is C23H26ClF2N7O2. The number of halogens is 3. The molecule has 0 unspecified atom stereocenters. The van der Waals surface area contributed by atoms with E-state index < -0.39 is 17.7 Å². The van der Waals surface area contributed by atoms with Crippen LogP contribution < -0.4 is 16.4 Å². The van der Waals surface area contributed by atoms with Crippen molar-refractivity contribution >= 4 is 46.3 Å². The molecule has 9 nitrogen and oxygen atoms in total. The van der Waals surface area contributed by atoms with Crippen molar-refractivity contribution in [3.05, 3.63) is 35.0 Å². The van der Waals surface area contributed by atoms with Crippen LogP contribution in [0, 0.1) is 17.6 Å². The minimum atomic E-state index is -0.852. The van der Waals surface area contributed by atoms with Gasteiger partial charge >= 0.3 is 0 Å². The van der Waals surface area contributed by atoms with Crippen LogP contribution in [0.3, 0.4) is 0 Å². The second-order valence-corrected chi connectivity index (χ2v) is 9.67. The van der Waals surface area contributed by atoms with Gasteiger partial charge in [0, 0.05) is 17.0 Å². The molecule has 2 saturated carbocycles. The average molecular weight is 506 g/mol. The second kappa shape index (κ2) is 9.54. The zero-order chi connectivity index (χ0) is 24.7. The number of nitrogens with two attached hydrogens (primary N) is 1. The summed E-state index contributed by atoms with van der Waals surface area (Å²) in [6.07, 6.45) is 5.91. The van der Waals surface area contributed by atoms with Crippen LogP contribution in [0.1, 0.15) is 51.0 Å². The molecule has 2 heterocycles. The van der Waals surface area contributed by atoms with Gasteiger partial charge < -0.3 is 21.5 Å². The summed E-state index contributed by atoms with van der Waals surface area (Å²) >= 11 is 5.77. The highest BCUT2D eigenvalue weighted by Gasteiger charge is 2.30. The molecule has 0 aliphatic heterocycles. The monoisotopic (exact) mass is 505 g/mol. The summed E-state index contributed by atoms with van der Waals surface area (Å²) in [4.78, 5) is 25.2. The van der Waals surface area contributed by atoms with Crippen LogP contribution in [0.5, 0.6) is 0 Å². The molecule has 5 rings (SSSR count). The van der Waals surface area contributed by atoms with E-state index in [1.807, 2.05) is 0 Å². The minimum absolute atomic E-state index is 0.0560. The zero-order valence-corrected chi connectivity index (χ0v) is 19.6. The molecule has 12 heteroatoms. The largest absolute Gasteiger partial charge is 0.391 e. The van der Waals surface area contributed by atoms with Gasteiger partial charge in [-0.25, -0.2) is 18.7 Å². The maximum absolute atomic E-state index is 14.6. The van der Waals surface area contributed by atoms with E-state index in [2.05, 4.69) is 25.6 Å². The lowest BCUT2D eigenvalue weighted by Crippen LogP contribution is -2.29. The Morgan fingerprint density at radius 3 is 2.46 bits per heavy atom. The normalized spacial score (nSPS) is 24.6. The Kier molecular flexibility index (Phi) is 6.45.